The standard InChI is InChI=1S/C25H27ClN2O5S.ClH/c1-27-25(30)17-33-21-7-11-23(12-8-21)34(31,32)22-9-5-18(6-10-22)13-14-28-16-24(29)19-3-2-4-20(26)15-19;/h2-12,15,24,28-29H,13-14,16-17H2,1H3,(H,27,30);1H/t24-;/m0./s1. The maximum absolute atomic E-state index is 12.9. The second kappa shape index (κ2) is 13.5. The van der Waals surface area contributed by atoms with E-state index in [1.165, 1.54) is 31.3 Å². The topological polar surface area (TPSA) is 105 Å². The third kappa shape index (κ3) is 8.23. The molecule has 35 heavy (non-hydrogen) atoms. The van der Waals surface area contributed by atoms with E-state index in [1.807, 2.05) is 6.07 Å². The van der Waals surface area contributed by atoms with E-state index in [2.05, 4.69) is 10.6 Å². The first-order valence-corrected chi connectivity index (χ1v) is 12.6. The SMILES string of the molecule is CNC(=O)COc1ccc(S(=O)(=O)c2ccc(CCNC[C@H](O)c3cccc(Cl)c3)cc2)cc1.Cl. The highest BCUT2D eigenvalue weighted by Gasteiger charge is 2.17. The third-order valence-corrected chi connectivity index (χ3v) is 7.20. The van der Waals surface area contributed by atoms with Crippen LogP contribution in [0.15, 0.2) is 82.6 Å². The van der Waals surface area contributed by atoms with Crippen molar-refractivity contribution < 1.29 is 23.1 Å². The summed E-state index contributed by atoms with van der Waals surface area (Å²) in [7, 11) is -2.16. The summed E-state index contributed by atoms with van der Waals surface area (Å²) in [5, 5.41) is 16.5. The van der Waals surface area contributed by atoms with Gasteiger partial charge in [-0.1, -0.05) is 35.9 Å². The fourth-order valence-electron chi connectivity index (χ4n) is 3.21. The normalized spacial score (nSPS) is 11.9. The number of carbonyl (C=O) groups is 1. The Morgan fingerprint density at radius 1 is 1.03 bits per heavy atom. The van der Waals surface area contributed by atoms with Crippen LogP contribution in [0.25, 0.3) is 0 Å². The van der Waals surface area contributed by atoms with Crippen LogP contribution < -0.4 is 15.4 Å². The van der Waals surface area contributed by atoms with Crippen molar-refractivity contribution in [3.05, 3.63) is 88.9 Å². The summed E-state index contributed by atoms with van der Waals surface area (Å²) >= 11 is 5.96. The van der Waals surface area contributed by atoms with Crippen LogP contribution in [0.4, 0.5) is 0 Å². The minimum atomic E-state index is -3.67. The second-order valence-electron chi connectivity index (χ2n) is 7.61. The van der Waals surface area contributed by atoms with Crippen molar-refractivity contribution in [1.29, 1.82) is 0 Å². The molecule has 0 aromatic heterocycles. The lowest BCUT2D eigenvalue weighted by Crippen LogP contribution is -2.24. The van der Waals surface area contributed by atoms with Crippen LogP contribution in [0.2, 0.25) is 5.02 Å². The van der Waals surface area contributed by atoms with Gasteiger partial charge in [-0.2, -0.15) is 0 Å². The maximum atomic E-state index is 12.9. The molecule has 3 aromatic rings. The van der Waals surface area contributed by atoms with Crippen LogP contribution in [0.1, 0.15) is 17.2 Å². The molecule has 0 saturated heterocycles. The summed E-state index contributed by atoms with van der Waals surface area (Å²) in [5.74, 6) is 0.134. The van der Waals surface area contributed by atoms with E-state index in [-0.39, 0.29) is 34.7 Å². The first-order chi connectivity index (χ1) is 16.3. The highest BCUT2D eigenvalue weighted by Crippen LogP contribution is 2.23. The Kier molecular flexibility index (Phi) is 11.0. The number of rotatable bonds is 11. The van der Waals surface area contributed by atoms with Gasteiger partial charge in [0.2, 0.25) is 9.84 Å². The van der Waals surface area contributed by atoms with E-state index < -0.39 is 15.9 Å². The van der Waals surface area contributed by atoms with E-state index in [0.717, 1.165) is 11.1 Å². The number of hydrogen-bond acceptors (Lipinski definition) is 6. The molecular weight excluding hydrogens is 511 g/mol. The average molecular weight is 539 g/mol. The molecule has 0 unspecified atom stereocenters. The number of amides is 1. The summed E-state index contributed by atoms with van der Waals surface area (Å²) in [4.78, 5) is 11.6. The number of nitrogens with one attached hydrogen (secondary N) is 2. The summed E-state index contributed by atoms with van der Waals surface area (Å²) in [6.45, 7) is 0.870. The highest BCUT2D eigenvalue weighted by molar-refractivity contribution is 7.91. The molecule has 0 aliphatic rings. The number of ether oxygens (including phenoxy) is 1. The van der Waals surface area contributed by atoms with E-state index in [0.29, 0.717) is 30.3 Å². The van der Waals surface area contributed by atoms with Crippen molar-refractivity contribution in [3.8, 4) is 5.75 Å². The molecule has 10 heteroatoms. The van der Waals surface area contributed by atoms with Crippen LogP contribution in [0, 0.1) is 0 Å². The smallest absolute Gasteiger partial charge is 0.257 e. The molecular formula is C25H28Cl2N2O5S. The maximum Gasteiger partial charge on any atom is 0.257 e. The summed E-state index contributed by atoms with van der Waals surface area (Å²) in [5.41, 5.74) is 1.72. The van der Waals surface area contributed by atoms with Gasteiger partial charge in [0.05, 0.1) is 15.9 Å². The van der Waals surface area contributed by atoms with Crippen LogP contribution in [-0.4, -0.2) is 46.2 Å². The predicted octanol–water partition coefficient (Wildman–Crippen LogP) is 3.59. The number of carbonyl (C=O) groups excluding carboxylic acids is 1. The van der Waals surface area contributed by atoms with Gasteiger partial charge in [0.25, 0.3) is 5.91 Å². The highest BCUT2D eigenvalue weighted by atomic mass is 35.5. The molecule has 0 bridgehead atoms. The zero-order valence-corrected chi connectivity index (χ0v) is 21.5. The van der Waals surface area contributed by atoms with Gasteiger partial charge in [-0.25, -0.2) is 8.42 Å². The molecule has 0 aliphatic heterocycles. The van der Waals surface area contributed by atoms with Gasteiger partial charge in [0.1, 0.15) is 5.75 Å². The van der Waals surface area contributed by atoms with Crippen molar-refractivity contribution in [2.45, 2.75) is 22.3 Å². The van der Waals surface area contributed by atoms with Gasteiger partial charge in [0, 0.05) is 18.6 Å². The van der Waals surface area contributed by atoms with Gasteiger partial charge in [0.15, 0.2) is 6.61 Å². The minimum absolute atomic E-state index is 0. The zero-order chi connectivity index (χ0) is 24.6. The number of halogens is 2. The number of sulfone groups is 1. The van der Waals surface area contributed by atoms with Crippen molar-refractivity contribution in [2.24, 2.45) is 0 Å². The quantitative estimate of drug-likeness (QED) is 0.322. The fraction of sp³-hybridized carbons (Fsp3) is 0.240. The Morgan fingerprint density at radius 3 is 2.26 bits per heavy atom. The summed E-state index contributed by atoms with van der Waals surface area (Å²) < 4.78 is 31.1. The van der Waals surface area contributed by atoms with Crippen molar-refractivity contribution in [2.75, 3.05) is 26.7 Å². The molecule has 3 rings (SSSR count). The van der Waals surface area contributed by atoms with Gasteiger partial charge < -0.3 is 20.5 Å². The van der Waals surface area contributed by atoms with Crippen molar-refractivity contribution in [3.63, 3.8) is 0 Å². The minimum Gasteiger partial charge on any atom is -0.484 e. The number of likely N-dealkylation sites (N-methyl/N-ethyl adjacent to an activating group) is 1. The molecule has 0 radical (unpaired) electrons. The molecule has 0 aliphatic carbocycles. The number of aliphatic hydroxyl groups is 1. The van der Waals surface area contributed by atoms with Gasteiger partial charge in [-0.05, 0) is 72.6 Å². The Balaban J connectivity index is 0.00000432. The third-order valence-electron chi connectivity index (χ3n) is 5.18. The molecule has 0 saturated carbocycles. The zero-order valence-electron chi connectivity index (χ0n) is 19.1. The van der Waals surface area contributed by atoms with Crippen LogP contribution >= 0.6 is 24.0 Å². The number of aliphatic hydroxyl groups excluding tert-OH is 1. The summed E-state index contributed by atoms with van der Waals surface area (Å²) in [6.07, 6.45) is 0.0202. The molecule has 1 amide bonds. The Hall–Kier alpha value is -2.62. The molecule has 3 aromatic carbocycles. The van der Waals surface area contributed by atoms with E-state index in [1.54, 1.807) is 42.5 Å². The Labute approximate surface area is 216 Å². The Morgan fingerprint density at radius 2 is 1.66 bits per heavy atom. The predicted molar refractivity (Wildman–Crippen MR) is 138 cm³/mol. The first kappa shape index (κ1) is 28.6. The molecule has 0 heterocycles. The van der Waals surface area contributed by atoms with Gasteiger partial charge in [-0.15, -0.1) is 12.4 Å². The van der Waals surface area contributed by atoms with Crippen LogP contribution in [0.5, 0.6) is 5.75 Å². The van der Waals surface area contributed by atoms with Crippen LogP contribution in [0.3, 0.4) is 0 Å². The van der Waals surface area contributed by atoms with E-state index in [4.69, 9.17) is 16.3 Å². The number of benzene rings is 3. The largest absolute Gasteiger partial charge is 0.484 e. The lowest BCUT2D eigenvalue weighted by atomic mass is 10.1. The van der Waals surface area contributed by atoms with Crippen LogP contribution in [-0.2, 0) is 21.1 Å². The molecule has 1 atom stereocenters. The number of hydrogen-bond donors (Lipinski definition) is 3. The fourth-order valence-corrected chi connectivity index (χ4v) is 4.67. The van der Waals surface area contributed by atoms with E-state index >= 15 is 0 Å². The van der Waals surface area contributed by atoms with Gasteiger partial charge >= 0.3 is 0 Å². The second-order valence-corrected chi connectivity index (χ2v) is 9.99. The lowest BCUT2D eigenvalue weighted by molar-refractivity contribution is -0.122. The Bertz CT molecular complexity index is 1200. The van der Waals surface area contributed by atoms with E-state index in [9.17, 15) is 18.3 Å². The van der Waals surface area contributed by atoms with Crippen molar-refractivity contribution in [1.82, 2.24) is 10.6 Å². The van der Waals surface area contributed by atoms with Crippen molar-refractivity contribution >= 4 is 39.8 Å². The molecule has 0 fully saturated rings. The monoisotopic (exact) mass is 538 g/mol. The lowest BCUT2D eigenvalue weighted by Gasteiger charge is -2.13. The first-order valence-electron chi connectivity index (χ1n) is 10.7. The molecule has 188 valence electrons. The molecule has 0 spiro atoms. The average Bonchev–Trinajstić information content (AvgIpc) is 2.85. The summed E-state index contributed by atoms with van der Waals surface area (Å²) in [6, 6.07) is 19.8. The molecule has 3 N–H and O–H groups in total. The molecule has 7 nitrogen and oxygen atoms in total. The van der Waals surface area contributed by atoms with Gasteiger partial charge in [-0.3, -0.25) is 4.79 Å².